The first-order valence-electron chi connectivity index (χ1n) is 6.61. The molecule has 0 aromatic carbocycles. The van der Waals surface area contributed by atoms with Crippen molar-refractivity contribution in [1.29, 1.82) is 0 Å². The summed E-state index contributed by atoms with van der Waals surface area (Å²) in [6, 6.07) is 0.143. The summed E-state index contributed by atoms with van der Waals surface area (Å²) in [7, 11) is -3.12. The third kappa shape index (κ3) is 3.42. The molecule has 1 heterocycles. The summed E-state index contributed by atoms with van der Waals surface area (Å²) in [5.41, 5.74) is 0.277. The smallest absolute Gasteiger partial charge is 0.216 e. The lowest BCUT2D eigenvalue weighted by Gasteiger charge is -2.35. The standard InChI is InChI=1S/C12H24N2O2S/c1-12(2)6-3-4-10(8-12)14-17(15,16)11-5-7-13-9-11/h10-11,13-14H,3-9H2,1-2H3. The number of nitrogens with one attached hydrogen (secondary N) is 2. The van der Waals surface area contributed by atoms with Gasteiger partial charge in [0.2, 0.25) is 10.0 Å². The SMILES string of the molecule is CC1(C)CCCC(NS(=O)(=O)C2CCNC2)C1. The van der Waals surface area contributed by atoms with E-state index in [1.165, 1.54) is 6.42 Å². The van der Waals surface area contributed by atoms with Crippen LogP contribution in [-0.4, -0.2) is 32.8 Å². The minimum absolute atomic E-state index is 0.143. The van der Waals surface area contributed by atoms with Gasteiger partial charge >= 0.3 is 0 Å². The second-order valence-electron chi connectivity index (χ2n) is 6.24. The van der Waals surface area contributed by atoms with Crippen molar-refractivity contribution in [3.63, 3.8) is 0 Å². The first-order chi connectivity index (χ1) is 7.89. The second-order valence-corrected chi connectivity index (χ2v) is 8.23. The molecule has 2 atom stereocenters. The maximum Gasteiger partial charge on any atom is 0.216 e. The molecule has 0 spiro atoms. The van der Waals surface area contributed by atoms with Crippen molar-refractivity contribution < 1.29 is 8.42 Å². The van der Waals surface area contributed by atoms with Gasteiger partial charge in [-0.3, -0.25) is 0 Å². The number of sulfonamides is 1. The molecular weight excluding hydrogens is 236 g/mol. The van der Waals surface area contributed by atoms with Crippen LogP contribution >= 0.6 is 0 Å². The van der Waals surface area contributed by atoms with Crippen molar-refractivity contribution in [3.8, 4) is 0 Å². The largest absolute Gasteiger partial charge is 0.315 e. The highest BCUT2D eigenvalue weighted by molar-refractivity contribution is 7.90. The fourth-order valence-corrected chi connectivity index (χ4v) is 4.64. The van der Waals surface area contributed by atoms with Gasteiger partial charge in [0.25, 0.3) is 0 Å². The van der Waals surface area contributed by atoms with Crippen LogP contribution < -0.4 is 10.0 Å². The summed E-state index contributed by atoms with van der Waals surface area (Å²) in [5.74, 6) is 0. The van der Waals surface area contributed by atoms with Crippen molar-refractivity contribution in [2.45, 2.75) is 57.2 Å². The molecule has 5 heteroatoms. The summed E-state index contributed by atoms with van der Waals surface area (Å²) in [6.45, 7) is 5.88. The Morgan fingerprint density at radius 1 is 1.29 bits per heavy atom. The van der Waals surface area contributed by atoms with E-state index in [0.29, 0.717) is 6.54 Å². The molecule has 2 N–H and O–H groups in total. The van der Waals surface area contributed by atoms with Crippen LogP contribution in [0, 0.1) is 5.41 Å². The van der Waals surface area contributed by atoms with Crippen molar-refractivity contribution in [1.82, 2.24) is 10.0 Å². The van der Waals surface area contributed by atoms with Gasteiger partial charge in [-0.15, -0.1) is 0 Å². The molecule has 0 bridgehead atoms. The van der Waals surface area contributed by atoms with Crippen molar-refractivity contribution in [2.24, 2.45) is 5.41 Å². The molecule has 2 fully saturated rings. The van der Waals surface area contributed by atoms with Crippen LogP contribution in [0.25, 0.3) is 0 Å². The molecule has 2 rings (SSSR count). The lowest BCUT2D eigenvalue weighted by Crippen LogP contribution is -2.45. The Balaban J connectivity index is 1.95. The molecule has 4 nitrogen and oxygen atoms in total. The van der Waals surface area contributed by atoms with Gasteiger partial charge in [-0.1, -0.05) is 20.3 Å². The van der Waals surface area contributed by atoms with Crippen LogP contribution in [0.2, 0.25) is 0 Å². The average molecular weight is 260 g/mol. The van der Waals surface area contributed by atoms with Gasteiger partial charge in [-0.2, -0.15) is 0 Å². The first kappa shape index (κ1) is 13.3. The first-order valence-corrected chi connectivity index (χ1v) is 8.16. The molecule has 2 aliphatic rings. The van der Waals surface area contributed by atoms with E-state index in [0.717, 1.165) is 32.2 Å². The Morgan fingerprint density at radius 3 is 2.65 bits per heavy atom. The summed E-state index contributed by atoms with van der Waals surface area (Å²) >= 11 is 0. The zero-order valence-corrected chi connectivity index (χ0v) is 11.6. The average Bonchev–Trinajstić information content (AvgIpc) is 2.67. The van der Waals surface area contributed by atoms with Gasteiger partial charge < -0.3 is 5.32 Å². The minimum Gasteiger partial charge on any atom is -0.315 e. The quantitative estimate of drug-likeness (QED) is 0.802. The Bertz CT molecular complexity index is 359. The Hall–Kier alpha value is -0.130. The highest BCUT2D eigenvalue weighted by atomic mass is 32.2. The van der Waals surface area contributed by atoms with E-state index in [1.54, 1.807) is 0 Å². The molecule has 0 aromatic heterocycles. The molecule has 0 aromatic rings. The summed E-state index contributed by atoms with van der Waals surface area (Å²) < 4.78 is 27.2. The molecule has 1 aliphatic heterocycles. The highest BCUT2D eigenvalue weighted by Crippen LogP contribution is 2.35. The van der Waals surface area contributed by atoms with Crippen LogP contribution in [0.3, 0.4) is 0 Å². The van der Waals surface area contributed by atoms with Crippen LogP contribution in [0.4, 0.5) is 0 Å². The van der Waals surface area contributed by atoms with Gasteiger partial charge in [0.15, 0.2) is 0 Å². The second kappa shape index (κ2) is 4.86. The molecule has 100 valence electrons. The van der Waals surface area contributed by atoms with Gasteiger partial charge in [-0.25, -0.2) is 13.1 Å². The third-order valence-electron chi connectivity index (χ3n) is 3.99. The molecule has 1 aliphatic carbocycles. The zero-order chi connectivity index (χ0) is 12.5. The molecule has 1 saturated carbocycles. The zero-order valence-electron chi connectivity index (χ0n) is 10.8. The Kier molecular flexibility index (Phi) is 3.80. The van der Waals surface area contributed by atoms with Crippen molar-refractivity contribution in [2.75, 3.05) is 13.1 Å². The van der Waals surface area contributed by atoms with E-state index in [1.807, 2.05) is 0 Å². The van der Waals surface area contributed by atoms with E-state index < -0.39 is 10.0 Å². The Labute approximate surface area is 105 Å². The minimum atomic E-state index is -3.12. The van der Waals surface area contributed by atoms with E-state index in [-0.39, 0.29) is 16.7 Å². The third-order valence-corrected chi connectivity index (χ3v) is 5.93. The lowest BCUT2D eigenvalue weighted by molar-refractivity contribution is 0.212. The van der Waals surface area contributed by atoms with E-state index in [9.17, 15) is 8.42 Å². The number of hydrogen-bond acceptors (Lipinski definition) is 3. The van der Waals surface area contributed by atoms with E-state index in [2.05, 4.69) is 23.9 Å². The molecule has 2 unspecified atom stereocenters. The fourth-order valence-electron chi connectivity index (χ4n) is 3.02. The van der Waals surface area contributed by atoms with Crippen molar-refractivity contribution >= 4 is 10.0 Å². The number of rotatable bonds is 3. The maximum absolute atomic E-state index is 12.2. The molecule has 1 saturated heterocycles. The van der Waals surface area contributed by atoms with Gasteiger partial charge in [0.05, 0.1) is 5.25 Å². The van der Waals surface area contributed by atoms with Gasteiger partial charge in [-0.05, 0) is 37.6 Å². The van der Waals surface area contributed by atoms with Crippen LogP contribution in [0.5, 0.6) is 0 Å². The van der Waals surface area contributed by atoms with Crippen molar-refractivity contribution in [3.05, 3.63) is 0 Å². The highest BCUT2D eigenvalue weighted by Gasteiger charge is 2.34. The van der Waals surface area contributed by atoms with E-state index in [4.69, 9.17) is 0 Å². The molecular formula is C12H24N2O2S. The number of hydrogen-bond donors (Lipinski definition) is 2. The van der Waals surface area contributed by atoms with Crippen LogP contribution in [-0.2, 0) is 10.0 Å². The molecule has 17 heavy (non-hydrogen) atoms. The molecule has 0 amide bonds. The van der Waals surface area contributed by atoms with Crippen LogP contribution in [0.15, 0.2) is 0 Å². The fraction of sp³-hybridized carbons (Fsp3) is 1.00. The topological polar surface area (TPSA) is 58.2 Å². The maximum atomic E-state index is 12.2. The van der Waals surface area contributed by atoms with Gasteiger partial charge in [0.1, 0.15) is 0 Å². The Morgan fingerprint density at radius 2 is 2.06 bits per heavy atom. The summed E-state index contributed by atoms with van der Waals surface area (Å²) in [4.78, 5) is 0. The van der Waals surface area contributed by atoms with Crippen LogP contribution in [0.1, 0.15) is 46.0 Å². The summed E-state index contributed by atoms with van der Waals surface area (Å²) in [5, 5.41) is 2.88. The predicted molar refractivity (Wildman–Crippen MR) is 69.4 cm³/mol. The monoisotopic (exact) mass is 260 g/mol. The lowest BCUT2D eigenvalue weighted by atomic mass is 9.75. The van der Waals surface area contributed by atoms with E-state index >= 15 is 0 Å². The summed E-state index contributed by atoms with van der Waals surface area (Å²) in [6.07, 6.45) is 5.03. The molecule has 0 radical (unpaired) electrons. The predicted octanol–water partition coefficient (Wildman–Crippen LogP) is 1.24. The normalized spacial score (nSPS) is 33.8. The van der Waals surface area contributed by atoms with Gasteiger partial charge in [0, 0.05) is 12.6 Å².